The van der Waals surface area contributed by atoms with Crippen molar-refractivity contribution in [3.8, 4) is 0 Å². The van der Waals surface area contributed by atoms with Gasteiger partial charge in [-0.2, -0.15) is 13.2 Å². The zero-order valence-electron chi connectivity index (χ0n) is 25.0. The molecule has 0 saturated heterocycles. The van der Waals surface area contributed by atoms with Gasteiger partial charge in [-0.3, -0.25) is 14.4 Å². The zero-order chi connectivity index (χ0) is 32.7. The summed E-state index contributed by atoms with van der Waals surface area (Å²) in [4.78, 5) is 40.7. The fourth-order valence-corrected chi connectivity index (χ4v) is 5.19. The summed E-state index contributed by atoms with van der Waals surface area (Å²) in [5.41, 5.74) is 18.2. The molecule has 14 heteroatoms. The fourth-order valence-electron chi connectivity index (χ4n) is 5.19. The van der Waals surface area contributed by atoms with Crippen molar-refractivity contribution in [2.75, 3.05) is 26.2 Å². The van der Waals surface area contributed by atoms with Crippen LogP contribution in [0.2, 0.25) is 0 Å². The van der Waals surface area contributed by atoms with Crippen LogP contribution in [-0.4, -0.2) is 72.9 Å². The van der Waals surface area contributed by atoms with E-state index in [1.165, 1.54) is 17.0 Å². The second kappa shape index (κ2) is 15.1. The van der Waals surface area contributed by atoms with Crippen LogP contribution in [0.1, 0.15) is 55.4 Å². The Bertz CT molecular complexity index is 1300. The number of rotatable bonds is 15. The third-order valence-electron chi connectivity index (χ3n) is 7.68. The van der Waals surface area contributed by atoms with Crippen LogP contribution in [0.5, 0.6) is 0 Å². The first-order valence-corrected chi connectivity index (χ1v) is 14.6. The van der Waals surface area contributed by atoms with E-state index in [-0.39, 0.29) is 56.9 Å². The molecular weight excluding hydrogens is 578 g/mol. The number of ketones is 1. The topological polar surface area (TPSA) is 174 Å². The largest absolute Gasteiger partial charge is 0.492 e. The van der Waals surface area contributed by atoms with Crippen LogP contribution in [-0.2, 0) is 43.7 Å². The molecule has 0 fully saturated rings. The van der Waals surface area contributed by atoms with Gasteiger partial charge in [0.15, 0.2) is 5.78 Å². The lowest BCUT2D eigenvalue weighted by Crippen LogP contribution is -2.49. The molecule has 2 aromatic rings. The number of alkyl halides is 3. The predicted octanol–water partition coefficient (Wildman–Crippen LogP) is 0.741. The van der Waals surface area contributed by atoms with E-state index in [4.69, 9.17) is 21.9 Å². The van der Waals surface area contributed by atoms with E-state index < -0.39 is 42.5 Å². The molecule has 2 aromatic carbocycles. The highest BCUT2D eigenvalue weighted by atomic mass is 19.4. The lowest BCUT2D eigenvalue weighted by Gasteiger charge is -2.23. The number of nitrogens with one attached hydrogen (secondary N) is 1. The molecule has 8 N–H and O–H groups in total. The number of hydrogen-bond acceptors (Lipinski definition) is 8. The van der Waals surface area contributed by atoms with Crippen LogP contribution in [0.25, 0.3) is 0 Å². The summed E-state index contributed by atoms with van der Waals surface area (Å²) in [5, 5.41) is 12.9. The van der Waals surface area contributed by atoms with Crippen molar-refractivity contribution < 1.29 is 37.2 Å². The maximum Gasteiger partial charge on any atom is 0.492 e. The summed E-state index contributed by atoms with van der Waals surface area (Å²) in [6, 6.07) is 7.71. The Morgan fingerprint density at radius 3 is 2.23 bits per heavy atom. The predicted molar refractivity (Wildman–Crippen MR) is 160 cm³/mol. The summed E-state index contributed by atoms with van der Waals surface area (Å²) in [6.45, 7) is 4.77. The lowest BCUT2D eigenvalue weighted by molar-refractivity contribution is -0.137. The number of hydrogen-bond donors (Lipinski definition) is 5. The van der Waals surface area contributed by atoms with Gasteiger partial charge in [-0.15, -0.1) is 0 Å². The summed E-state index contributed by atoms with van der Waals surface area (Å²) in [5.74, 6) is -1.20. The number of carbonyl (C=O) groups excluding carboxylic acids is 3. The molecule has 0 aromatic heterocycles. The minimum Gasteiger partial charge on any atom is -0.423 e. The monoisotopic (exact) mass is 619 g/mol. The second-order valence-electron chi connectivity index (χ2n) is 11.4. The molecule has 1 aliphatic rings. The van der Waals surface area contributed by atoms with E-state index >= 15 is 0 Å². The van der Waals surface area contributed by atoms with Gasteiger partial charge in [-0.25, -0.2) is 0 Å². The molecule has 0 unspecified atom stereocenters. The molecule has 1 heterocycles. The minimum absolute atomic E-state index is 0.0163. The van der Waals surface area contributed by atoms with Gasteiger partial charge >= 0.3 is 13.3 Å². The third kappa shape index (κ3) is 9.35. The molecule has 2 atom stereocenters. The van der Waals surface area contributed by atoms with Gasteiger partial charge in [0.1, 0.15) is 0 Å². The van der Waals surface area contributed by atoms with E-state index in [1.54, 1.807) is 32.0 Å². The number of nitrogens with two attached hydrogens (primary N) is 3. The standard InChI is InChI=1S/C30H41BF3N5O5/c1-29(2)22-17-20(5-9-23(22)31(43)44-29)18-26(40)25(11-6-19-3-7-21(8-4-19)30(32,33)34)38-28(42)24(37)10-12-27(41)39(15-13-35)16-14-36/h3-5,7-9,17,24-25,43H,6,10-16,18,35-37H2,1-2H3,(H,38,42)/t24-,25+/m0/s1. The molecule has 3 rings (SSSR count). The first-order chi connectivity index (χ1) is 20.7. The molecule has 0 bridgehead atoms. The van der Waals surface area contributed by atoms with E-state index in [0.717, 1.165) is 17.7 Å². The average molecular weight is 619 g/mol. The van der Waals surface area contributed by atoms with Crippen LogP contribution in [0, 0.1) is 0 Å². The number of Topliss-reactive ketones (excluding diaryl/α,β-unsaturated/α-hetero) is 1. The SMILES string of the molecule is CC1(C)OB(O)c2ccc(CC(=O)[C@@H](CCc3ccc(C(F)(F)F)cc3)NC(=O)[C@@H](N)CCC(=O)N(CCN)CCN)cc21. The first kappa shape index (κ1) is 35.2. The summed E-state index contributed by atoms with van der Waals surface area (Å²) in [6.07, 6.45) is -4.19. The number of aryl methyl sites for hydroxylation is 1. The highest BCUT2D eigenvalue weighted by Crippen LogP contribution is 2.31. The Labute approximate surface area is 255 Å². The Morgan fingerprint density at radius 2 is 1.64 bits per heavy atom. The average Bonchev–Trinajstić information content (AvgIpc) is 3.20. The van der Waals surface area contributed by atoms with Crippen LogP contribution in [0.15, 0.2) is 42.5 Å². The third-order valence-corrected chi connectivity index (χ3v) is 7.68. The smallest absolute Gasteiger partial charge is 0.423 e. The normalized spacial score (nSPS) is 15.4. The highest BCUT2D eigenvalue weighted by molar-refractivity contribution is 6.61. The molecule has 10 nitrogen and oxygen atoms in total. The van der Waals surface area contributed by atoms with Gasteiger partial charge in [0.2, 0.25) is 11.8 Å². The van der Waals surface area contributed by atoms with Crippen LogP contribution in [0.3, 0.4) is 0 Å². The number of fused-ring (bicyclic) bond motifs is 1. The maximum absolute atomic E-state index is 13.5. The summed E-state index contributed by atoms with van der Waals surface area (Å²) >= 11 is 0. The number of amides is 2. The number of benzene rings is 2. The molecule has 2 amide bonds. The number of nitrogens with zero attached hydrogens (tertiary/aromatic N) is 1. The highest BCUT2D eigenvalue weighted by Gasteiger charge is 2.40. The van der Waals surface area contributed by atoms with Crippen molar-refractivity contribution in [3.05, 3.63) is 64.7 Å². The fraction of sp³-hybridized carbons (Fsp3) is 0.500. The van der Waals surface area contributed by atoms with Gasteiger partial charge in [0, 0.05) is 39.0 Å². The van der Waals surface area contributed by atoms with E-state index in [2.05, 4.69) is 5.32 Å². The molecule has 0 spiro atoms. The second-order valence-corrected chi connectivity index (χ2v) is 11.4. The van der Waals surface area contributed by atoms with Gasteiger partial charge in [-0.1, -0.05) is 30.3 Å². The van der Waals surface area contributed by atoms with E-state index in [1.807, 2.05) is 0 Å². The van der Waals surface area contributed by atoms with Crippen LogP contribution < -0.4 is 28.0 Å². The lowest BCUT2D eigenvalue weighted by atomic mass is 9.77. The van der Waals surface area contributed by atoms with Gasteiger partial charge in [0.25, 0.3) is 0 Å². The minimum atomic E-state index is -4.47. The summed E-state index contributed by atoms with van der Waals surface area (Å²) < 4.78 is 44.6. The summed E-state index contributed by atoms with van der Waals surface area (Å²) in [7, 11) is -1.08. The van der Waals surface area contributed by atoms with Crippen molar-refractivity contribution in [3.63, 3.8) is 0 Å². The van der Waals surface area contributed by atoms with Gasteiger partial charge < -0.3 is 37.1 Å². The van der Waals surface area contributed by atoms with Crippen LogP contribution in [0.4, 0.5) is 13.2 Å². The zero-order valence-corrected chi connectivity index (χ0v) is 25.0. The van der Waals surface area contributed by atoms with Crippen molar-refractivity contribution in [1.29, 1.82) is 0 Å². The van der Waals surface area contributed by atoms with Crippen molar-refractivity contribution in [1.82, 2.24) is 10.2 Å². The maximum atomic E-state index is 13.5. The first-order valence-electron chi connectivity index (χ1n) is 14.6. The molecule has 240 valence electrons. The van der Waals surface area contributed by atoms with Crippen molar-refractivity contribution in [2.45, 2.75) is 69.8 Å². The molecular formula is C30H41BF3N5O5. The molecule has 0 aliphatic carbocycles. The Balaban J connectivity index is 1.72. The Kier molecular flexibility index (Phi) is 12.1. The molecule has 0 saturated carbocycles. The Hall–Kier alpha value is -3.30. The van der Waals surface area contributed by atoms with Gasteiger partial charge in [0.05, 0.1) is 23.2 Å². The van der Waals surface area contributed by atoms with Crippen molar-refractivity contribution in [2.24, 2.45) is 17.2 Å². The number of halogens is 3. The van der Waals surface area contributed by atoms with Crippen LogP contribution >= 0.6 is 0 Å². The number of carbonyl (C=O) groups is 3. The van der Waals surface area contributed by atoms with E-state index in [0.29, 0.717) is 29.7 Å². The van der Waals surface area contributed by atoms with Crippen molar-refractivity contribution >= 4 is 30.2 Å². The molecule has 0 radical (unpaired) electrons. The van der Waals surface area contributed by atoms with E-state index in [9.17, 15) is 32.6 Å². The quantitative estimate of drug-likeness (QED) is 0.182. The molecule has 1 aliphatic heterocycles. The van der Waals surface area contributed by atoms with Gasteiger partial charge in [-0.05, 0) is 67.4 Å². The molecule has 44 heavy (non-hydrogen) atoms. The Morgan fingerprint density at radius 1 is 1.02 bits per heavy atom.